The Morgan fingerprint density at radius 1 is 1.38 bits per heavy atom. The Kier molecular flexibility index (Phi) is 1.48. The number of aromatic nitrogens is 4. The highest BCUT2D eigenvalue weighted by Gasteiger charge is 2.08. The van der Waals surface area contributed by atoms with Gasteiger partial charge in [-0.3, -0.25) is 4.79 Å². The van der Waals surface area contributed by atoms with Crippen molar-refractivity contribution in [3.8, 4) is 0 Å². The summed E-state index contributed by atoms with van der Waals surface area (Å²) in [5.41, 5.74) is 1.01. The highest BCUT2D eigenvalue weighted by Crippen LogP contribution is 2.05. The van der Waals surface area contributed by atoms with Crippen LogP contribution in [0.25, 0.3) is 11.2 Å². The molecule has 2 aromatic rings. The second-order valence-electron chi connectivity index (χ2n) is 3.05. The summed E-state index contributed by atoms with van der Waals surface area (Å²) in [7, 11) is 3.63. The zero-order valence-electron chi connectivity index (χ0n) is 7.77. The minimum absolute atomic E-state index is 0.217. The van der Waals surface area contributed by atoms with Gasteiger partial charge < -0.3 is 9.13 Å². The monoisotopic (exact) mass is 178 g/mol. The molecule has 0 saturated heterocycles. The molecule has 68 valence electrons. The molecule has 0 atom stereocenters. The molecular formula is C8H10N4O. The van der Waals surface area contributed by atoms with Gasteiger partial charge in [-0.15, -0.1) is 0 Å². The van der Waals surface area contributed by atoms with Crippen LogP contribution in [0.3, 0.4) is 0 Å². The topological polar surface area (TPSA) is 52.7 Å². The average molecular weight is 178 g/mol. The second-order valence-corrected chi connectivity index (χ2v) is 3.05. The van der Waals surface area contributed by atoms with Crippen LogP contribution in [0.1, 0.15) is 5.82 Å². The Balaban J connectivity index is 3.08. The quantitative estimate of drug-likeness (QED) is 0.569. The van der Waals surface area contributed by atoms with Gasteiger partial charge in [-0.05, 0) is 6.92 Å². The third-order valence-corrected chi connectivity index (χ3v) is 2.19. The SMILES string of the molecule is Cc1nc(=O)c2c(ncn2C)n1C. The third kappa shape index (κ3) is 0.965. The van der Waals surface area contributed by atoms with Gasteiger partial charge >= 0.3 is 0 Å². The predicted octanol–water partition coefficient (Wildman–Crippen LogP) is -0.0246. The van der Waals surface area contributed by atoms with Crippen LogP contribution in [0.2, 0.25) is 0 Å². The predicted molar refractivity (Wildman–Crippen MR) is 48.5 cm³/mol. The van der Waals surface area contributed by atoms with Crippen molar-refractivity contribution in [3.05, 3.63) is 22.5 Å². The summed E-state index contributed by atoms with van der Waals surface area (Å²) in [5, 5.41) is 0. The van der Waals surface area contributed by atoms with Crippen LogP contribution in [0, 0.1) is 6.92 Å². The molecule has 0 N–H and O–H groups in total. The molecule has 2 heterocycles. The Bertz CT molecular complexity index is 523. The summed E-state index contributed by atoms with van der Waals surface area (Å²) in [4.78, 5) is 19.5. The zero-order chi connectivity index (χ0) is 9.59. The lowest BCUT2D eigenvalue weighted by molar-refractivity contribution is 0.826. The van der Waals surface area contributed by atoms with E-state index in [1.807, 2.05) is 7.05 Å². The number of hydrogen-bond acceptors (Lipinski definition) is 3. The first kappa shape index (κ1) is 7.97. The minimum atomic E-state index is -0.217. The molecule has 0 aromatic carbocycles. The normalized spacial score (nSPS) is 11.0. The molecule has 13 heavy (non-hydrogen) atoms. The van der Waals surface area contributed by atoms with Gasteiger partial charge in [0.1, 0.15) is 5.82 Å². The molecule has 0 bridgehead atoms. The van der Waals surface area contributed by atoms with Crippen molar-refractivity contribution in [2.75, 3.05) is 0 Å². The van der Waals surface area contributed by atoms with Crippen LogP contribution in [0.4, 0.5) is 0 Å². The Morgan fingerprint density at radius 3 is 2.77 bits per heavy atom. The van der Waals surface area contributed by atoms with Crippen LogP contribution < -0.4 is 5.56 Å². The average Bonchev–Trinajstić information content (AvgIpc) is 2.44. The van der Waals surface area contributed by atoms with Crippen LogP contribution in [-0.2, 0) is 14.1 Å². The fourth-order valence-electron chi connectivity index (χ4n) is 1.34. The summed E-state index contributed by atoms with van der Waals surface area (Å²) < 4.78 is 3.49. The lowest BCUT2D eigenvalue weighted by atomic mass is 10.5. The molecule has 5 heteroatoms. The summed E-state index contributed by atoms with van der Waals surface area (Å²) in [6, 6.07) is 0. The number of nitrogens with zero attached hydrogens (tertiary/aromatic N) is 4. The first-order valence-corrected chi connectivity index (χ1v) is 3.96. The molecule has 0 radical (unpaired) electrons. The van der Waals surface area contributed by atoms with E-state index in [1.54, 1.807) is 29.4 Å². The van der Waals surface area contributed by atoms with Crippen LogP contribution in [0.15, 0.2) is 11.1 Å². The van der Waals surface area contributed by atoms with Gasteiger partial charge in [-0.25, -0.2) is 4.98 Å². The first-order valence-electron chi connectivity index (χ1n) is 3.96. The highest BCUT2D eigenvalue weighted by atomic mass is 16.1. The van der Waals surface area contributed by atoms with E-state index >= 15 is 0 Å². The maximum atomic E-state index is 11.4. The van der Waals surface area contributed by atoms with Gasteiger partial charge in [0.25, 0.3) is 5.56 Å². The first-order chi connectivity index (χ1) is 6.11. The molecule has 0 saturated carbocycles. The van der Waals surface area contributed by atoms with Crippen molar-refractivity contribution in [2.24, 2.45) is 14.1 Å². The molecule has 0 amide bonds. The van der Waals surface area contributed by atoms with Gasteiger partial charge in [0.15, 0.2) is 11.2 Å². The van der Waals surface area contributed by atoms with Crippen molar-refractivity contribution in [2.45, 2.75) is 6.92 Å². The third-order valence-electron chi connectivity index (χ3n) is 2.19. The summed E-state index contributed by atoms with van der Waals surface area (Å²) in [6.45, 7) is 1.79. The zero-order valence-corrected chi connectivity index (χ0v) is 7.77. The molecular weight excluding hydrogens is 168 g/mol. The van der Waals surface area contributed by atoms with Gasteiger partial charge in [-0.1, -0.05) is 0 Å². The van der Waals surface area contributed by atoms with Crippen LogP contribution >= 0.6 is 0 Å². The van der Waals surface area contributed by atoms with Crippen LogP contribution in [-0.4, -0.2) is 19.1 Å². The van der Waals surface area contributed by atoms with Crippen molar-refractivity contribution in [1.29, 1.82) is 0 Å². The summed E-state index contributed by atoms with van der Waals surface area (Å²) in [5.74, 6) is 0.677. The number of aryl methyl sites for hydroxylation is 3. The van der Waals surface area contributed by atoms with Gasteiger partial charge in [0, 0.05) is 14.1 Å². The second kappa shape index (κ2) is 2.42. The van der Waals surface area contributed by atoms with Crippen molar-refractivity contribution < 1.29 is 0 Å². The summed E-state index contributed by atoms with van der Waals surface area (Å²) in [6.07, 6.45) is 1.62. The van der Waals surface area contributed by atoms with Gasteiger partial charge in [0.2, 0.25) is 0 Å². The molecule has 2 aromatic heterocycles. The lowest BCUT2D eigenvalue weighted by Crippen LogP contribution is -2.16. The lowest BCUT2D eigenvalue weighted by Gasteiger charge is -2.02. The molecule has 0 aliphatic rings. The highest BCUT2D eigenvalue weighted by molar-refractivity contribution is 5.69. The minimum Gasteiger partial charge on any atom is -0.328 e. The standard InChI is InChI=1S/C8H10N4O/c1-5-10-8(13)6-7(12(5)3)9-4-11(6)2/h4H,1-3H3. The van der Waals surface area contributed by atoms with E-state index in [2.05, 4.69) is 9.97 Å². The van der Waals surface area contributed by atoms with E-state index in [1.165, 1.54) is 0 Å². The van der Waals surface area contributed by atoms with E-state index in [4.69, 9.17) is 0 Å². The molecule has 0 aliphatic heterocycles. The maximum absolute atomic E-state index is 11.4. The number of hydrogen-bond donors (Lipinski definition) is 0. The summed E-state index contributed by atoms with van der Waals surface area (Å²) >= 11 is 0. The van der Waals surface area contributed by atoms with Crippen molar-refractivity contribution in [3.63, 3.8) is 0 Å². The number of imidazole rings is 1. The Labute approximate surface area is 74.7 Å². The van der Waals surface area contributed by atoms with E-state index in [-0.39, 0.29) is 5.56 Å². The molecule has 5 nitrogen and oxygen atoms in total. The Hall–Kier alpha value is -1.65. The Morgan fingerprint density at radius 2 is 2.08 bits per heavy atom. The largest absolute Gasteiger partial charge is 0.328 e. The fraction of sp³-hybridized carbons (Fsp3) is 0.375. The number of fused-ring (bicyclic) bond motifs is 1. The van der Waals surface area contributed by atoms with Crippen molar-refractivity contribution in [1.82, 2.24) is 19.1 Å². The maximum Gasteiger partial charge on any atom is 0.299 e. The van der Waals surface area contributed by atoms with E-state index in [9.17, 15) is 4.79 Å². The van der Waals surface area contributed by atoms with E-state index < -0.39 is 0 Å². The van der Waals surface area contributed by atoms with Gasteiger partial charge in [-0.2, -0.15) is 4.98 Å². The van der Waals surface area contributed by atoms with Crippen molar-refractivity contribution >= 4 is 11.2 Å². The molecule has 0 unspecified atom stereocenters. The van der Waals surface area contributed by atoms with E-state index in [0.717, 1.165) is 0 Å². The number of rotatable bonds is 0. The molecule has 0 fully saturated rings. The molecule has 2 rings (SSSR count). The fourth-order valence-corrected chi connectivity index (χ4v) is 1.34. The molecule has 0 spiro atoms. The molecule has 0 aliphatic carbocycles. The van der Waals surface area contributed by atoms with Crippen LogP contribution in [0.5, 0.6) is 0 Å². The van der Waals surface area contributed by atoms with Gasteiger partial charge in [0.05, 0.1) is 6.33 Å². The smallest absolute Gasteiger partial charge is 0.299 e. The van der Waals surface area contributed by atoms with E-state index in [0.29, 0.717) is 17.0 Å².